The topological polar surface area (TPSA) is 69.6 Å². The number of aliphatic carboxylic acids is 1. The van der Waals surface area contributed by atoms with Gasteiger partial charge in [0.2, 0.25) is 0 Å². The highest BCUT2D eigenvalue weighted by molar-refractivity contribution is 5.76. The largest absolute Gasteiger partial charge is 0.481 e. The molecule has 19 heavy (non-hydrogen) atoms. The summed E-state index contributed by atoms with van der Waals surface area (Å²) in [5, 5.41) is 12.2. The molecule has 0 aromatic carbocycles. The van der Waals surface area contributed by atoms with Crippen LogP contribution in [0.25, 0.3) is 0 Å². The van der Waals surface area contributed by atoms with Crippen LogP contribution in [-0.2, 0) is 4.79 Å². The molecule has 1 saturated heterocycles. The molecule has 2 aliphatic carbocycles. The number of carboxylic acid groups (broad SMARTS) is 1. The Kier molecular flexibility index (Phi) is 3.37. The van der Waals surface area contributed by atoms with Crippen molar-refractivity contribution in [2.45, 2.75) is 44.6 Å². The number of rotatable bonds is 2. The van der Waals surface area contributed by atoms with Crippen molar-refractivity contribution in [2.24, 2.45) is 17.8 Å². The Morgan fingerprint density at radius 2 is 2.00 bits per heavy atom. The molecular weight excluding hydrogens is 244 g/mol. The normalized spacial score (nSPS) is 37.4. The molecule has 1 aliphatic heterocycles. The van der Waals surface area contributed by atoms with Crippen LogP contribution in [0.3, 0.4) is 0 Å². The number of carbonyl (C=O) groups excluding carboxylic acids is 1. The molecule has 3 rings (SSSR count). The maximum atomic E-state index is 12.2. The van der Waals surface area contributed by atoms with Gasteiger partial charge < -0.3 is 15.3 Å². The summed E-state index contributed by atoms with van der Waals surface area (Å²) in [4.78, 5) is 24.9. The zero-order valence-electron chi connectivity index (χ0n) is 11.2. The van der Waals surface area contributed by atoms with Gasteiger partial charge in [-0.3, -0.25) is 4.79 Å². The van der Waals surface area contributed by atoms with Gasteiger partial charge in [0, 0.05) is 19.1 Å². The predicted octanol–water partition coefficient (Wildman–Crippen LogP) is 1.68. The van der Waals surface area contributed by atoms with Crippen LogP contribution in [0.2, 0.25) is 0 Å². The van der Waals surface area contributed by atoms with Crippen molar-refractivity contribution in [1.82, 2.24) is 10.2 Å². The summed E-state index contributed by atoms with van der Waals surface area (Å²) < 4.78 is 0. The maximum absolute atomic E-state index is 12.2. The van der Waals surface area contributed by atoms with E-state index in [4.69, 9.17) is 5.11 Å². The SMILES string of the molecule is O=C(O)[C@@H]1CCCN(C(=O)NC2CC3CCC2C3)C1. The van der Waals surface area contributed by atoms with Crippen LogP contribution in [0, 0.1) is 17.8 Å². The summed E-state index contributed by atoms with van der Waals surface area (Å²) in [7, 11) is 0. The number of carbonyl (C=O) groups is 2. The molecule has 0 spiro atoms. The van der Waals surface area contributed by atoms with Gasteiger partial charge in [0.1, 0.15) is 0 Å². The van der Waals surface area contributed by atoms with E-state index < -0.39 is 5.97 Å². The minimum absolute atomic E-state index is 0.0523. The first-order valence-electron chi connectivity index (χ1n) is 7.41. The molecule has 2 saturated carbocycles. The zero-order valence-corrected chi connectivity index (χ0v) is 11.2. The van der Waals surface area contributed by atoms with Crippen molar-refractivity contribution < 1.29 is 14.7 Å². The Bertz CT molecular complexity index is 385. The first kappa shape index (κ1) is 12.8. The summed E-state index contributed by atoms with van der Waals surface area (Å²) in [6.07, 6.45) is 6.43. The first-order valence-corrected chi connectivity index (χ1v) is 7.41. The van der Waals surface area contributed by atoms with Gasteiger partial charge in [-0.25, -0.2) is 4.79 Å². The van der Waals surface area contributed by atoms with Gasteiger partial charge in [-0.1, -0.05) is 6.42 Å². The standard InChI is InChI=1S/C14H22N2O3/c17-13(18)11-2-1-5-16(8-11)14(19)15-12-7-9-3-4-10(12)6-9/h9-12H,1-8H2,(H,15,19)(H,17,18)/t9?,10?,11-,12?/m1/s1. The van der Waals surface area contributed by atoms with Gasteiger partial charge in [-0.2, -0.15) is 0 Å². The highest BCUT2D eigenvalue weighted by atomic mass is 16.4. The second-order valence-electron chi connectivity index (χ2n) is 6.35. The van der Waals surface area contributed by atoms with Gasteiger partial charge in [0.25, 0.3) is 0 Å². The van der Waals surface area contributed by atoms with E-state index in [-0.39, 0.29) is 11.9 Å². The van der Waals surface area contributed by atoms with E-state index in [0.29, 0.717) is 31.5 Å². The summed E-state index contributed by atoms with van der Waals surface area (Å²) >= 11 is 0. The number of carboxylic acids is 1. The molecule has 0 radical (unpaired) electrons. The van der Waals surface area contributed by atoms with Crippen LogP contribution < -0.4 is 5.32 Å². The third kappa shape index (κ3) is 2.55. The molecule has 0 aromatic heterocycles. The van der Waals surface area contributed by atoms with E-state index in [9.17, 15) is 9.59 Å². The molecule has 4 atom stereocenters. The number of piperidine rings is 1. The van der Waals surface area contributed by atoms with Crippen LogP contribution in [0.15, 0.2) is 0 Å². The Morgan fingerprint density at radius 1 is 1.16 bits per heavy atom. The van der Waals surface area contributed by atoms with Crippen molar-refractivity contribution >= 4 is 12.0 Å². The van der Waals surface area contributed by atoms with Gasteiger partial charge in [-0.05, 0) is 43.9 Å². The minimum atomic E-state index is -0.780. The second kappa shape index (κ2) is 5.02. The molecule has 2 bridgehead atoms. The highest BCUT2D eigenvalue weighted by Gasteiger charge is 2.41. The van der Waals surface area contributed by atoms with E-state index in [2.05, 4.69) is 5.32 Å². The smallest absolute Gasteiger partial charge is 0.317 e. The lowest BCUT2D eigenvalue weighted by molar-refractivity contribution is -0.143. The van der Waals surface area contributed by atoms with Crippen LogP contribution in [0.5, 0.6) is 0 Å². The molecule has 1 heterocycles. The summed E-state index contributed by atoms with van der Waals surface area (Å²) in [5.74, 6) is 0.300. The fourth-order valence-electron chi connectivity index (χ4n) is 4.03. The zero-order chi connectivity index (χ0) is 13.4. The third-order valence-electron chi connectivity index (χ3n) is 5.10. The maximum Gasteiger partial charge on any atom is 0.317 e. The lowest BCUT2D eigenvalue weighted by Crippen LogP contribution is -2.50. The van der Waals surface area contributed by atoms with Gasteiger partial charge in [0.05, 0.1) is 5.92 Å². The number of nitrogens with one attached hydrogen (secondary N) is 1. The van der Waals surface area contributed by atoms with Crippen molar-refractivity contribution in [3.63, 3.8) is 0 Å². The molecule has 2 N–H and O–H groups in total. The summed E-state index contributed by atoms with van der Waals surface area (Å²) in [6, 6.07) is 0.278. The fourth-order valence-corrected chi connectivity index (χ4v) is 4.03. The van der Waals surface area contributed by atoms with Crippen LogP contribution >= 0.6 is 0 Å². The Labute approximate surface area is 113 Å². The molecule has 3 aliphatic rings. The second-order valence-corrected chi connectivity index (χ2v) is 6.35. The summed E-state index contributed by atoms with van der Waals surface area (Å²) in [6.45, 7) is 1.05. The van der Waals surface area contributed by atoms with Gasteiger partial charge in [0.15, 0.2) is 0 Å². The predicted molar refractivity (Wildman–Crippen MR) is 69.7 cm³/mol. The molecule has 5 nitrogen and oxygen atoms in total. The number of hydrogen-bond acceptors (Lipinski definition) is 2. The van der Waals surface area contributed by atoms with Crippen LogP contribution in [0.4, 0.5) is 4.79 Å². The Morgan fingerprint density at radius 3 is 2.63 bits per heavy atom. The van der Waals surface area contributed by atoms with Crippen molar-refractivity contribution in [2.75, 3.05) is 13.1 Å². The van der Waals surface area contributed by atoms with E-state index in [1.165, 1.54) is 19.3 Å². The van der Waals surface area contributed by atoms with Crippen molar-refractivity contribution in [3.8, 4) is 0 Å². The number of amides is 2. The Balaban J connectivity index is 1.54. The molecule has 2 amide bonds. The number of hydrogen-bond donors (Lipinski definition) is 2. The molecule has 106 valence electrons. The number of urea groups is 1. The van der Waals surface area contributed by atoms with Crippen molar-refractivity contribution in [1.29, 1.82) is 0 Å². The van der Waals surface area contributed by atoms with Crippen LogP contribution in [-0.4, -0.2) is 41.1 Å². The van der Waals surface area contributed by atoms with Gasteiger partial charge in [-0.15, -0.1) is 0 Å². The van der Waals surface area contributed by atoms with Crippen LogP contribution in [0.1, 0.15) is 38.5 Å². The average Bonchev–Trinajstić information content (AvgIpc) is 3.01. The van der Waals surface area contributed by atoms with Gasteiger partial charge >= 0.3 is 12.0 Å². The first-order chi connectivity index (χ1) is 9.13. The fraction of sp³-hybridized carbons (Fsp3) is 0.857. The molecule has 0 aromatic rings. The quantitative estimate of drug-likeness (QED) is 0.799. The van der Waals surface area contributed by atoms with E-state index in [1.807, 2.05) is 0 Å². The average molecular weight is 266 g/mol. The third-order valence-corrected chi connectivity index (χ3v) is 5.10. The number of likely N-dealkylation sites (tertiary alicyclic amines) is 1. The molecule has 3 unspecified atom stereocenters. The van der Waals surface area contributed by atoms with E-state index in [1.54, 1.807) is 4.90 Å². The number of nitrogens with zero attached hydrogens (tertiary/aromatic N) is 1. The highest BCUT2D eigenvalue weighted by Crippen LogP contribution is 2.44. The van der Waals surface area contributed by atoms with E-state index >= 15 is 0 Å². The van der Waals surface area contributed by atoms with Crippen molar-refractivity contribution in [3.05, 3.63) is 0 Å². The monoisotopic (exact) mass is 266 g/mol. The molecule has 3 fully saturated rings. The molecule has 5 heteroatoms. The lowest BCUT2D eigenvalue weighted by atomic mass is 9.95. The number of fused-ring (bicyclic) bond motifs is 2. The Hall–Kier alpha value is -1.26. The molecular formula is C14H22N2O3. The summed E-state index contributed by atoms with van der Waals surface area (Å²) in [5.41, 5.74) is 0. The lowest BCUT2D eigenvalue weighted by Gasteiger charge is -2.33. The minimum Gasteiger partial charge on any atom is -0.481 e. The van der Waals surface area contributed by atoms with E-state index in [0.717, 1.165) is 18.8 Å².